The molecular weight excluding hydrogens is 304 g/mol. The molecule has 0 fully saturated rings. The minimum Gasteiger partial charge on any atom is -0.491 e. The lowest BCUT2D eigenvalue weighted by Gasteiger charge is -2.13. The van der Waals surface area contributed by atoms with E-state index in [1.807, 2.05) is 6.92 Å². The van der Waals surface area contributed by atoms with Gasteiger partial charge in [0.05, 0.1) is 0 Å². The summed E-state index contributed by atoms with van der Waals surface area (Å²) in [6.45, 7) is 2.25. The third-order valence-electron chi connectivity index (χ3n) is 3.19. The number of carbonyl (C=O) groups excluding carboxylic acids is 1. The van der Waals surface area contributed by atoms with Gasteiger partial charge in [0, 0.05) is 12.1 Å². The van der Waals surface area contributed by atoms with E-state index in [1.165, 1.54) is 6.07 Å². The maximum atomic E-state index is 13.1. The fourth-order valence-corrected chi connectivity index (χ4v) is 1.96. The molecule has 0 aromatic heterocycles. The van der Waals surface area contributed by atoms with Crippen LogP contribution >= 0.6 is 0 Å². The van der Waals surface area contributed by atoms with Crippen LogP contribution in [-0.4, -0.2) is 24.2 Å². The van der Waals surface area contributed by atoms with Crippen LogP contribution in [0.1, 0.15) is 28.9 Å². The Kier molecular flexibility index (Phi) is 5.65. The number of hydrogen-bond acceptors (Lipinski definition) is 3. The second kappa shape index (κ2) is 7.69. The first kappa shape index (κ1) is 16.9. The van der Waals surface area contributed by atoms with Crippen LogP contribution < -0.4 is 10.1 Å². The highest BCUT2D eigenvalue weighted by Gasteiger charge is 2.12. The van der Waals surface area contributed by atoms with Gasteiger partial charge in [-0.3, -0.25) is 4.79 Å². The lowest BCUT2D eigenvalue weighted by Crippen LogP contribution is -2.22. The molecule has 1 amide bonds. The van der Waals surface area contributed by atoms with Crippen LogP contribution in [0, 0.1) is 11.6 Å². The van der Waals surface area contributed by atoms with E-state index in [0.717, 1.165) is 12.1 Å². The fourth-order valence-electron chi connectivity index (χ4n) is 1.96. The van der Waals surface area contributed by atoms with E-state index in [0.29, 0.717) is 17.9 Å². The molecule has 0 aliphatic heterocycles. The van der Waals surface area contributed by atoms with Crippen molar-refractivity contribution in [3.8, 4) is 5.75 Å². The molecule has 0 aliphatic rings. The Hall–Kier alpha value is -2.47. The van der Waals surface area contributed by atoms with Crippen LogP contribution in [0.2, 0.25) is 0 Å². The van der Waals surface area contributed by atoms with Crippen molar-refractivity contribution in [2.75, 3.05) is 13.2 Å². The first-order valence-electron chi connectivity index (χ1n) is 7.15. The van der Waals surface area contributed by atoms with Gasteiger partial charge in [-0.15, -0.1) is 0 Å². The molecule has 0 heterocycles. The maximum absolute atomic E-state index is 13.1. The molecule has 2 aromatic rings. The first-order valence-corrected chi connectivity index (χ1v) is 7.15. The van der Waals surface area contributed by atoms with Crippen molar-refractivity contribution >= 4 is 5.91 Å². The van der Waals surface area contributed by atoms with Gasteiger partial charge in [0.1, 0.15) is 18.5 Å². The number of aliphatic hydroxyl groups excluding tert-OH is 1. The minimum atomic E-state index is -1.09. The van der Waals surface area contributed by atoms with Crippen LogP contribution in [-0.2, 0) is 0 Å². The number of aliphatic hydroxyl groups is 1. The number of amides is 1. The van der Waals surface area contributed by atoms with Crippen molar-refractivity contribution in [1.29, 1.82) is 0 Å². The minimum absolute atomic E-state index is 0.119. The van der Waals surface area contributed by atoms with Gasteiger partial charge in [-0.2, -0.15) is 0 Å². The summed E-state index contributed by atoms with van der Waals surface area (Å²) in [6, 6.07) is 9.58. The number of carbonyl (C=O) groups is 1. The topological polar surface area (TPSA) is 58.6 Å². The van der Waals surface area contributed by atoms with E-state index in [2.05, 4.69) is 5.32 Å². The summed E-state index contributed by atoms with van der Waals surface area (Å²) in [6.07, 6.45) is -1.09. The molecule has 0 saturated carbocycles. The van der Waals surface area contributed by atoms with Crippen molar-refractivity contribution in [1.82, 2.24) is 5.32 Å². The molecule has 0 radical (unpaired) electrons. The predicted octanol–water partition coefficient (Wildman–Crippen LogP) is 2.83. The average Bonchev–Trinajstić information content (AvgIpc) is 2.56. The standard InChI is InChI=1S/C17H17F2NO3/c1-2-20-17(22)11-3-6-13(7-4-11)23-10-16(21)12-5-8-14(18)15(19)9-12/h3-9,16,21H,2,10H2,1H3,(H,20,22). The second-order valence-electron chi connectivity index (χ2n) is 4.88. The number of ether oxygens (including phenoxy) is 1. The quantitative estimate of drug-likeness (QED) is 0.860. The first-order chi connectivity index (χ1) is 11.0. The van der Waals surface area contributed by atoms with E-state index in [9.17, 15) is 18.7 Å². The Morgan fingerprint density at radius 1 is 1.17 bits per heavy atom. The van der Waals surface area contributed by atoms with Crippen LogP contribution in [0.3, 0.4) is 0 Å². The Bertz CT molecular complexity index is 674. The molecule has 1 atom stereocenters. The summed E-state index contributed by atoms with van der Waals surface area (Å²) in [4.78, 5) is 11.6. The zero-order chi connectivity index (χ0) is 16.8. The summed E-state index contributed by atoms with van der Waals surface area (Å²) in [5, 5.41) is 12.6. The van der Waals surface area contributed by atoms with Crippen LogP contribution in [0.5, 0.6) is 5.75 Å². The second-order valence-corrected chi connectivity index (χ2v) is 4.88. The van der Waals surface area contributed by atoms with Gasteiger partial charge in [-0.25, -0.2) is 8.78 Å². The summed E-state index contributed by atoms with van der Waals surface area (Å²) < 4.78 is 31.4. The van der Waals surface area contributed by atoms with Crippen molar-refractivity contribution < 1.29 is 23.4 Å². The van der Waals surface area contributed by atoms with Crippen LogP contribution in [0.4, 0.5) is 8.78 Å². The third-order valence-corrected chi connectivity index (χ3v) is 3.19. The summed E-state index contributed by atoms with van der Waals surface area (Å²) >= 11 is 0. The molecule has 2 N–H and O–H groups in total. The summed E-state index contributed by atoms with van der Waals surface area (Å²) in [7, 11) is 0. The van der Waals surface area contributed by atoms with Gasteiger partial charge in [-0.1, -0.05) is 6.07 Å². The fraction of sp³-hybridized carbons (Fsp3) is 0.235. The molecule has 23 heavy (non-hydrogen) atoms. The van der Waals surface area contributed by atoms with E-state index in [-0.39, 0.29) is 18.1 Å². The maximum Gasteiger partial charge on any atom is 0.251 e. The van der Waals surface area contributed by atoms with Crippen molar-refractivity contribution in [3.05, 3.63) is 65.2 Å². The highest BCUT2D eigenvalue weighted by atomic mass is 19.2. The average molecular weight is 321 g/mol. The Balaban J connectivity index is 1.94. The predicted molar refractivity (Wildman–Crippen MR) is 81.3 cm³/mol. The van der Waals surface area contributed by atoms with Gasteiger partial charge < -0.3 is 15.2 Å². The number of halogens is 2. The van der Waals surface area contributed by atoms with Gasteiger partial charge >= 0.3 is 0 Å². The van der Waals surface area contributed by atoms with Gasteiger partial charge in [0.25, 0.3) is 5.91 Å². The molecule has 0 spiro atoms. The molecule has 0 aliphatic carbocycles. The monoisotopic (exact) mass is 321 g/mol. The van der Waals surface area contributed by atoms with Gasteiger partial charge in [0.2, 0.25) is 0 Å². The van der Waals surface area contributed by atoms with Crippen molar-refractivity contribution in [3.63, 3.8) is 0 Å². The summed E-state index contributed by atoms with van der Waals surface area (Å²) in [5.74, 6) is -1.71. The Morgan fingerprint density at radius 2 is 1.87 bits per heavy atom. The number of benzene rings is 2. The molecule has 4 nitrogen and oxygen atoms in total. The molecule has 0 bridgehead atoms. The molecule has 1 unspecified atom stereocenters. The lowest BCUT2D eigenvalue weighted by atomic mass is 10.1. The largest absolute Gasteiger partial charge is 0.491 e. The van der Waals surface area contributed by atoms with Crippen molar-refractivity contribution in [2.24, 2.45) is 0 Å². The Labute approximate surface area is 132 Å². The molecule has 6 heteroatoms. The van der Waals surface area contributed by atoms with Crippen LogP contribution in [0.25, 0.3) is 0 Å². The van der Waals surface area contributed by atoms with Gasteiger partial charge in [0.15, 0.2) is 11.6 Å². The molecule has 122 valence electrons. The number of rotatable bonds is 6. The molecule has 2 aromatic carbocycles. The molecule has 0 saturated heterocycles. The Morgan fingerprint density at radius 3 is 2.48 bits per heavy atom. The summed E-state index contributed by atoms with van der Waals surface area (Å²) in [5.41, 5.74) is 0.725. The molecule has 2 rings (SSSR count). The SMILES string of the molecule is CCNC(=O)c1ccc(OCC(O)c2ccc(F)c(F)c2)cc1. The van der Waals surface area contributed by atoms with Gasteiger partial charge in [-0.05, 0) is 48.9 Å². The van der Waals surface area contributed by atoms with Crippen molar-refractivity contribution in [2.45, 2.75) is 13.0 Å². The highest BCUT2D eigenvalue weighted by molar-refractivity contribution is 5.94. The zero-order valence-corrected chi connectivity index (χ0v) is 12.6. The molecular formula is C17H17F2NO3. The lowest BCUT2D eigenvalue weighted by molar-refractivity contribution is 0.0955. The zero-order valence-electron chi connectivity index (χ0n) is 12.6. The number of hydrogen-bond donors (Lipinski definition) is 2. The van der Waals surface area contributed by atoms with E-state index in [1.54, 1.807) is 24.3 Å². The number of nitrogens with one attached hydrogen (secondary N) is 1. The van der Waals surface area contributed by atoms with Crippen LogP contribution in [0.15, 0.2) is 42.5 Å². The van der Waals surface area contributed by atoms with E-state index in [4.69, 9.17) is 4.74 Å². The van der Waals surface area contributed by atoms with E-state index >= 15 is 0 Å². The highest BCUT2D eigenvalue weighted by Crippen LogP contribution is 2.19. The normalized spacial score (nSPS) is 11.8. The van der Waals surface area contributed by atoms with E-state index < -0.39 is 17.7 Å². The third kappa shape index (κ3) is 4.50. The smallest absolute Gasteiger partial charge is 0.251 e.